The number of thioether (sulfide) groups is 1. The van der Waals surface area contributed by atoms with Crippen LogP contribution < -0.4 is 5.32 Å². The van der Waals surface area contributed by atoms with Gasteiger partial charge in [-0.25, -0.2) is 4.79 Å². The standard InChI is InChI=1S/C23H21N3O2S/c1-3-14-29-22-18(15-24)19(16-10-12-25-13-11-16)20(23(27)28-4-2)21(26-22)17-8-6-5-7-9-17/h3,5-13,19,26H,1,4,14H2,2H3/t19-/m0/s1. The summed E-state index contributed by atoms with van der Waals surface area (Å²) >= 11 is 1.48. The number of esters is 1. The Balaban J connectivity index is 2.27. The van der Waals surface area contributed by atoms with Crippen LogP contribution in [0.4, 0.5) is 0 Å². The molecule has 5 nitrogen and oxygen atoms in total. The van der Waals surface area contributed by atoms with Crippen molar-refractivity contribution in [3.05, 3.63) is 94.8 Å². The Bertz CT molecular complexity index is 992. The Hall–Kier alpha value is -3.30. The number of dihydropyridines is 1. The molecule has 0 aliphatic carbocycles. The van der Waals surface area contributed by atoms with Crippen molar-refractivity contribution in [2.45, 2.75) is 12.8 Å². The van der Waals surface area contributed by atoms with Gasteiger partial charge in [-0.1, -0.05) is 36.4 Å². The number of nitrogens with one attached hydrogen (secondary N) is 1. The van der Waals surface area contributed by atoms with E-state index in [-0.39, 0.29) is 6.61 Å². The van der Waals surface area contributed by atoms with E-state index in [4.69, 9.17) is 4.74 Å². The van der Waals surface area contributed by atoms with Gasteiger partial charge in [0.05, 0.1) is 40.5 Å². The molecule has 1 aromatic carbocycles. The number of nitrogens with zero attached hydrogens (tertiary/aromatic N) is 2. The molecule has 1 aliphatic heterocycles. The van der Waals surface area contributed by atoms with Gasteiger partial charge in [0.1, 0.15) is 0 Å². The van der Waals surface area contributed by atoms with Crippen LogP contribution in [0.2, 0.25) is 0 Å². The third-order valence-corrected chi connectivity index (χ3v) is 5.41. The number of hydrogen-bond donors (Lipinski definition) is 1. The van der Waals surface area contributed by atoms with Crippen LogP contribution in [0.25, 0.3) is 5.70 Å². The largest absolute Gasteiger partial charge is 0.463 e. The van der Waals surface area contributed by atoms with Crippen molar-refractivity contribution in [3.63, 3.8) is 0 Å². The molecular formula is C23H21N3O2S. The van der Waals surface area contributed by atoms with Gasteiger partial charge in [0.25, 0.3) is 0 Å². The highest BCUT2D eigenvalue weighted by molar-refractivity contribution is 8.03. The number of pyridine rings is 1. The first-order valence-corrected chi connectivity index (χ1v) is 10.2. The summed E-state index contributed by atoms with van der Waals surface area (Å²) in [7, 11) is 0. The van der Waals surface area contributed by atoms with Crippen LogP contribution in [-0.4, -0.2) is 23.3 Å². The zero-order valence-corrected chi connectivity index (χ0v) is 16.9. The SMILES string of the molecule is C=CCSC1=C(C#N)[C@H](c2ccncc2)C(C(=O)OCC)=C(c2ccccc2)N1. The first kappa shape index (κ1) is 20.4. The maximum Gasteiger partial charge on any atom is 0.337 e. The van der Waals surface area contributed by atoms with Crippen LogP contribution in [0.5, 0.6) is 0 Å². The number of hydrogen-bond acceptors (Lipinski definition) is 6. The summed E-state index contributed by atoms with van der Waals surface area (Å²) < 4.78 is 5.39. The zero-order chi connectivity index (χ0) is 20.6. The lowest BCUT2D eigenvalue weighted by Crippen LogP contribution is -2.29. The number of benzene rings is 1. The summed E-state index contributed by atoms with van der Waals surface area (Å²) in [6, 6.07) is 15.6. The lowest BCUT2D eigenvalue weighted by atomic mass is 9.81. The van der Waals surface area contributed by atoms with Crippen LogP contribution in [0.3, 0.4) is 0 Å². The van der Waals surface area contributed by atoms with Gasteiger partial charge in [0, 0.05) is 18.1 Å². The van der Waals surface area contributed by atoms with Crippen molar-refractivity contribution in [1.82, 2.24) is 10.3 Å². The summed E-state index contributed by atoms with van der Waals surface area (Å²) in [5, 5.41) is 14.0. The fraction of sp³-hybridized carbons (Fsp3) is 0.174. The molecule has 0 unspecified atom stereocenters. The smallest absolute Gasteiger partial charge is 0.337 e. The van der Waals surface area contributed by atoms with E-state index < -0.39 is 11.9 Å². The molecule has 1 aliphatic rings. The van der Waals surface area contributed by atoms with Crippen molar-refractivity contribution >= 4 is 23.4 Å². The Kier molecular flexibility index (Phi) is 6.88. The summed E-state index contributed by atoms with van der Waals surface area (Å²) in [5.41, 5.74) is 3.21. The zero-order valence-electron chi connectivity index (χ0n) is 16.1. The van der Waals surface area contributed by atoms with Gasteiger partial charge in [0.15, 0.2) is 0 Å². The molecule has 0 fully saturated rings. The number of ether oxygens (including phenoxy) is 1. The van der Waals surface area contributed by atoms with Crippen molar-refractivity contribution in [2.75, 3.05) is 12.4 Å². The molecule has 0 saturated carbocycles. The molecule has 0 amide bonds. The minimum atomic E-state index is -0.550. The highest BCUT2D eigenvalue weighted by Crippen LogP contribution is 2.43. The monoisotopic (exact) mass is 403 g/mol. The van der Waals surface area contributed by atoms with Crippen molar-refractivity contribution in [3.8, 4) is 6.07 Å². The second kappa shape index (κ2) is 9.76. The first-order valence-electron chi connectivity index (χ1n) is 9.22. The number of allylic oxidation sites excluding steroid dienone is 1. The van der Waals surface area contributed by atoms with E-state index in [0.717, 1.165) is 11.1 Å². The lowest BCUT2D eigenvalue weighted by Gasteiger charge is -2.30. The minimum Gasteiger partial charge on any atom is -0.463 e. The molecule has 1 atom stereocenters. The minimum absolute atomic E-state index is 0.247. The Morgan fingerprint density at radius 1 is 1.31 bits per heavy atom. The van der Waals surface area contributed by atoms with E-state index in [0.29, 0.717) is 27.6 Å². The summed E-state index contributed by atoms with van der Waals surface area (Å²) in [5.74, 6) is -0.361. The normalized spacial score (nSPS) is 16.1. The fourth-order valence-electron chi connectivity index (χ4n) is 3.19. The Labute approximate surface area is 174 Å². The third-order valence-electron chi connectivity index (χ3n) is 4.39. The predicted molar refractivity (Wildman–Crippen MR) is 115 cm³/mol. The third kappa shape index (κ3) is 4.41. The molecule has 1 aromatic heterocycles. The van der Waals surface area contributed by atoms with E-state index in [1.165, 1.54) is 11.8 Å². The number of rotatable bonds is 7. The van der Waals surface area contributed by atoms with Crippen molar-refractivity contribution in [2.24, 2.45) is 0 Å². The van der Waals surface area contributed by atoms with Gasteiger partial charge in [-0.15, -0.1) is 18.3 Å². The molecule has 3 rings (SSSR count). The van der Waals surface area contributed by atoms with Crippen molar-refractivity contribution < 1.29 is 9.53 Å². The highest BCUT2D eigenvalue weighted by atomic mass is 32.2. The number of aromatic nitrogens is 1. The van der Waals surface area contributed by atoms with Gasteiger partial charge in [-0.2, -0.15) is 5.26 Å². The molecule has 0 saturated heterocycles. The number of nitriles is 1. The second-order valence-corrected chi connectivity index (χ2v) is 7.20. The number of carbonyl (C=O) groups excluding carboxylic acids is 1. The molecular weight excluding hydrogens is 382 g/mol. The van der Waals surface area contributed by atoms with Gasteiger partial charge in [-0.3, -0.25) is 4.98 Å². The van der Waals surface area contributed by atoms with Gasteiger partial charge in [0.2, 0.25) is 0 Å². The maximum atomic E-state index is 13.1. The molecule has 1 N–H and O–H groups in total. The van der Waals surface area contributed by atoms with Crippen molar-refractivity contribution in [1.29, 1.82) is 5.26 Å². The summed E-state index contributed by atoms with van der Waals surface area (Å²) in [6.45, 7) is 5.79. The molecule has 0 radical (unpaired) electrons. The predicted octanol–water partition coefficient (Wildman–Crippen LogP) is 4.40. The van der Waals surface area contributed by atoms with Crippen LogP contribution in [0.1, 0.15) is 24.0 Å². The molecule has 2 heterocycles. The van der Waals surface area contributed by atoms with Crippen LogP contribution >= 0.6 is 11.8 Å². The fourth-order valence-corrected chi connectivity index (χ4v) is 3.97. The highest BCUT2D eigenvalue weighted by Gasteiger charge is 2.37. The molecule has 6 heteroatoms. The average Bonchev–Trinajstić information content (AvgIpc) is 2.77. The summed E-state index contributed by atoms with van der Waals surface area (Å²) in [4.78, 5) is 17.1. The first-order chi connectivity index (χ1) is 14.2. The van der Waals surface area contributed by atoms with Crippen LogP contribution in [0, 0.1) is 11.3 Å². The van der Waals surface area contributed by atoms with Crippen LogP contribution in [0.15, 0.2) is 83.7 Å². The molecule has 146 valence electrons. The van der Waals surface area contributed by atoms with Gasteiger partial charge >= 0.3 is 5.97 Å². The Morgan fingerprint density at radius 3 is 2.66 bits per heavy atom. The van der Waals surface area contributed by atoms with E-state index >= 15 is 0 Å². The quantitative estimate of drug-likeness (QED) is 0.546. The van der Waals surface area contributed by atoms with Crippen LogP contribution in [-0.2, 0) is 9.53 Å². The van der Waals surface area contributed by atoms with Gasteiger partial charge in [-0.05, 0) is 30.2 Å². The molecule has 0 bridgehead atoms. The van der Waals surface area contributed by atoms with E-state index in [1.54, 1.807) is 25.4 Å². The number of carbonyl (C=O) groups is 1. The molecule has 29 heavy (non-hydrogen) atoms. The van der Waals surface area contributed by atoms with Gasteiger partial charge < -0.3 is 10.1 Å². The van der Waals surface area contributed by atoms with E-state index in [9.17, 15) is 10.1 Å². The van der Waals surface area contributed by atoms with E-state index in [2.05, 4.69) is 22.9 Å². The maximum absolute atomic E-state index is 13.1. The average molecular weight is 404 g/mol. The van der Waals surface area contributed by atoms with E-state index in [1.807, 2.05) is 42.5 Å². The molecule has 2 aromatic rings. The lowest BCUT2D eigenvalue weighted by molar-refractivity contribution is -0.138. The summed E-state index contributed by atoms with van der Waals surface area (Å²) in [6.07, 6.45) is 5.10. The molecule has 0 spiro atoms. The Morgan fingerprint density at radius 2 is 2.03 bits per heavy atom. The second-order valence-electron chi connectivity index (χ2n) is 6.17. The topological polar surface area (TPSA) is 75.0 Å².